The summed E-state index contributed by atoms with van der Waals surface area (Å²) in [5.41, 5.74) is 1.49. The lowest BCUT2D eigenvalue weighted by Crippen LogP contribution is -2.06. The molecule has 0 fully saturated rings. The number of halogens is 1. The largest absolute Gasteiger partial charge is 0.453 e. The van der Waals surface area contributed by atoms with E-state index in [1.165, 1.54) is 6.20 Å². The van der Waals surface area contributed by atoms with E-state index in [2.05, 4.69) is 9.97 Å². The SMILES string of the molecule is Cc1nccnc1C(=O)c1cc2cc(Cl)ccc2o1. The highest BCUT2D eigenvalue weighted by Crippen LogP contribution is 2.24. The van der Waals surface area contributed by atoms with Crippen LogP contribution < -0.4 is 0 Å². The first-order valence-corrected chi connectivity index (χ1v) is 6.04. The van der Waals surface area contributed by atoms with Crippen LogP contribution in [0.25, 0.3) is 11.0 Å². The molecule has 5 heteroatoms. The van der Waals surface area contributed by atoms with Crippen LogP contribution in [-0.4, -0.2) is 15.8 Å². The number of hydrogen-bond acceptors (Lipinski definition) is 4. The van der Waals surface area contributed by atoms with Crippen LogP contribution in [0.1, 0.15) is 21.9 Å². The molecule has 0 N–H and O–H groups in total. The van der Waals surface area contributed by atoms with Gasteiger partial charge in [0.25, 0.3) is 0 Å². The van der Waals surface area contributed by atoms with Crippen LogP contribution in [0.5, 0.6) is 0 Å². The van der Waals surface area contributed by atoms with E-state index in [4.69, 9.17) is 16.0 Å². The van der Waals surface area contributed by atoms with Crippen molar-refractivity contribution in [2.24, 2.45) is 0 Å². The van der Waals surface area contributed by atoms with Crippen LogP contribution in [0.15, 0.2) is 41.1 Å². The van der Waals surface area contributed by atoms with Gasteiger partial charge in [-0.1, -0.05) is 11.6 Å². The second-order valence-electron chi connectivity index (χ2n) is 4.11. The molecule has 2 heterocycles. The molecule has 0 aliphatic carbocycles. The van der Waals surface area contributed by atoms with Gasteiger partial charge in [0.05, 0.1) is 5.69 Å². The van der Waals surface area contributed by atoms with E-state index in [-0.39, 0.29) is 11.5 Å². The third kappa shape index (κ3) is 2.11. The van der Waals surface area contributed by atoms with E-state index in [9.17, 15) is 4.79 Å². The number of carbonyl (C=O) groups excluding carboxylic acids is 1. The lowest BCUT2D eigenvalue weighted by Gasteiger charge is -1.99. The molecule has 1 aromatic carbocycles. The first-order chi connectivity index (χ1) is 9.15. The zero-order valence-electron chi connectivity index (χ0n) is 10.1. The lowest BCUT2D eigenvalue weighted by atomic mass is 10.1. The molecule has 0 amide bonds. The van der Waals surface area contributed by atoms with Crippen molar-refractivity contribution in [3.63, 3.8) is 0 Å². The molecule has 0 unspecified atom stereocenters. The third-order valence-corrected chi connectivity index (χ3v) is 3.03. The van der Waals surface area contributed by atoms with Gasteiger partial charge in [-0.15, -0.1) is 0 Å². The van der Waals surface area contributed by atoms with Gasteiger partial charge in [0.2, 0.25) is 5.78 Å². The summed E-state index contributed by atoms with van der Waals surface area (Å²) in [6.45, 7) is 1.74. The molecule has 94 valence electrons. The molecule has 3 rings (SSSR count). The van der Waals surface area contributed by atoms with Crippen molar-refractivity contribution in [3.8, 4) is 0 Å². The Kier molecular flexibility index (Phi) is 2.80. The number of carbonyl (C=O) groups is 1. The normalized spacial score (nSPS) is 10.8. The van der Waals surface area contributed by atoms with E-state index in [0.29, 0.717) is 22.0 Å². The fourth-order valence-corrected chi connectivity index (χ4v) is 2.05. The van der Waals surface area contributed by atoms with E-state index in [1.54, 1.807) is 37.4 Å². The van der Waals surface area contributed by atoms with Gasteiger partial charge in [0.15, 0.2) is 5.76 Å². The highest BCUT2D eigenvalue weighted by molar-refractivity contribution is 6.31. The first kappa shape index (κ1) is 11.9. The van der Waals surface area contributed by atoms with Gasteiger partial charge in [-0.2, -0.15) is 0 Å². The van der Waals surface area contributed by atoms with Crippen LogP contribution >= 0.6 is 11.6 Å². The Bertz CT molecular complexity index is 780. The fraction of sp³-hybridized carbons (Fsp3) is 0.0714. The minimum atomic E-state index is -0.280. The summed E-state index contributed by atoms with van der Waals surface area (Å²) in [6, 6.07) is 6.87. The number of hydrogen-bond donors (Lipinski definition) is 0. The maximum atomic E-state index is 12.3. The Hall–Kier alpha value is -2.20. The minimum absolute atomic E-state index is 0.237. The summed E-state index contributed by atoms with van der Waals surface area (Å²) in [6.07, 6.45) is 3.03. The summed E-state index contributed by atoms with van der Waals surface area (Å²) in [5, 5.41) is 1.39. The van der Waals surface area contributed by atoms with Gasteiger partial charge < -0.3 is 4.42 Å². The predicted octanol–water partition coefficient (Wildman–Crippen LogP) is 3.42. The lowest BCUT2D eigenvalue weighted by molar-refractivity contribution is 0.101. The van der Waals surface area contributed by atoms with Crippen LogP contribution in [0.4, 0.5) is 0 Å². The molecule has 0 saturated carbocycles. The highest BCUT2D eigenvalue weighted by Gasteiger charge is 2.18. The van der Waals surface area contributed by atoms with Gasteiger partial charge in [-0.25, -0.2) is 4.98 Å². The number of fused-ring (bicyclic) bond motifs is 1. The predicted molar refractivity (Wildman–Crippen MR) is 71.4 cm³/mol. The first-order valence-electron chi connectivity index (χ1n) is 5.66. The Morgan fingerprint density at radius 1 is 1.21 bits per heavy atom. The van der Waals surface area contributed by atoms with Crippen molar-refractivity contribution in [3.05, 3.63) is 58.8 Å². The third-order valence-electron chi connectivity index (χ3n) is 2.80. The summed E-state index contributed by atoms with van der Waals surface area (Å²) in [4.78, 5) is 20.4. The summed E-state index contributed by atoms with van der Waals surface area (Å²) in [5.74, 6) is -0.0428. The molecular weight excluding hydrogens is 264 g/mol. The molecule has 0 saturated heterocycles. The van der Waals surface area contributed by atoms with Crippen molar-refractivity contribution >= 4 is 28.4 Å². The number of furan rings is 1. The molecule has 3 aromatic rings. The molecule has 0 radical (unpaired) electrons. The van der Waals surface area contributed by atoms with Gasteiger partial charge in [0, 0.05) is 22.8 Å². The molecule has 0 atom stereocenters. The molecule has 19 heavy (non-hydrogen) atoms. The summed E-state index contributed by atoms with van der Waals surface area (Å²) in [7, 11) is 0. The average Bonchev–Trinajstić information content (AvgIpc) is 2.81. The van der Waals surface area contributed by atoms with Crippen LogP contribution in [0.2, 0.25) is 5.02 Å². The van der Waals surface area contributed by atoms with Crippen LogP contribution in [0, 0.1) is 6.92 Å². The number of nitrogens with zero attached hydrogens (tertiary/aromatic N) is 2. The molecule has 2 aromatic heterocycles. The summed E-state index contributed by atoms with van der Waals surface area (Å²) >= 11 is 5.90. The van der Waals surface area contributed by atoms with E-state index in [0.717, 1.165) is 5.39 Å². The van der Waals surface area contributed by atoms with Gasteiger partial charge in [-0.05, 0) is 31.2 Å². The number of aromatic nitrogens is 2. The maximum absolute atomic E-state index is 12.3. The van der Waals surface area contributed by atoms with Crippen molar-refractivity contribution in [2.45, 2.75) is 6.92 Å². The zero-order valence-corrected chi connectivity index (χ0v) is 10.8. The monoisotopic (exact) mass is 272 g/mol. The number of aryl methyl sites for hydroxylation is 1. The smallest absolute Gasteiger partial charge is 0.248 e. The average molecular weight is 273 g/mol. The molecule has 0 bridgehead atoms. The quantitative estimate of drug-likeness (QED) is 0.671. The maximum Gasteiger partial charge on any atom is 0.248 e. The minimum Gasteiger partial charge on any atom is -0.453 e. The van der Waals surface area contributed by atoms with E-state index >= 15 is 0 Å². The van der Waals surface area contributed by atoms with Gasteiger partial charge in [0.1, 0.15) is 11.3 Å². The van der Waals surface area contributed by atoms with Gasteiger partial charge in [-0.3, -0.25) is 9.78 Å². The summed E-state index contributed by atoms with van der Waals surface area (Å²) < 4.78 is 5.52. The highest BCUT2D eigenvalue weighted by atomic mass is 35.5. The Morgan fingerprint density at radius 2 is 2.00 bits per heavy atom. The van der Waals surface area contributed by atoms with Crippen molar-refractivity contribution in [1.29, 1.82) is 0 Å². The van der Waals surface area contributed by atoms with Crippen molar-refractivity contribution < 1.29 is 9.21 Å². The number of ketones is 1. The standard InChI is InChI=1S/C14H9ClN2O2/c1-8-13(17-5-4-16-8)14(18)12-7-9-6-10(15)2-3-11(9)19-12/h2-7H,1H3. The van der Waals surface area contributed by atoms with Crippen molar-refractivity contribution in [1.82, 2.24) is 9.97 Å². The Balaban J connectivity index is 2.09. The molecule has 4 nitrogen and oxygen atoms in total. The molecule has 0 aliphatic rings. The molecular formula is C14H9ClN2O2. The number of rotatable bonds is 2. The van der Waals surface area contributed by atoms with E-state index < -0.39 is 0 Å². The molecule has 0 spiro atoms. The zero-order chi connectivity index (χ0) is 13.4. The second-order valence-corrected chi connectivity index (χ2v) is 4.55. The second kappa shape index (κ2) is 4.48. The van der Waals surface area contributed by atoms with Crippen molar-refractivity contribution in [2.75, 3.05) is 0 Å². The van der Waals surface area contributed by atoms with Crippen LogP contribution in [0.3, 0.4) is 0 Å². The molecule has 0 aliphatic heterocycles. The Morgan fingerprint density at radius 3 is 2.79 bits per heavy atom. The van der Waals surface area contributed by atoms with E-state index in [1.807, 2.05) is 0 Å². The number of benzene rings is 1. The topological polar surface area (TPSA) is 56.0 Å². The van der Waals surface area contributed by atoms with Gasteiger partial charge >= 0.3 is 0 Å². The Labute approximate surface area is 114 Å². The fourth-order valence-electron chi connectivity index (χ4n) is 1.87. The van der Waals surface area contributed by atoms with Crippen LogP contribution in [-0.2, 0) is 0 Å².